The van der Waals surface area contributed by atoms with Gasteiger partial charge in [0.05, 0.1) is 19.3 Å². The average Bonchev–Trinajstić information content (AvgIpc) is 2.53. The zero-order valence-electron chi connectivity index (χ0n) is 12.4. The summed E-state index contributed by atoms with van der Waals surface area (Å²) in [5.41, 5.74) is 1.07. The van der Waals surface area contributed by atoms with Crippen molar-refractivity contribution in [2.45, 2.75) is 13.0 Å². The molecular formula is C17H18N2O3. The van der Waals surface area contributed by atoms with Crippen molar-refractivity contribution in [2.24, 2.45) is 0 Å². The summed E-state index contributed by atoms with van der Waals surface area (Å²) in [5, 5.41) is 0.939. The molecule has 1 aromatic carbocycles. The van der Waals surface area contributed by atoms with Gasteiger partial charge in [-0.1, -0.05) is 18.2 Å². The molecule has 0 bridgehead atoms. The molecule has 1 atom stereocenters. The summed E-state index contributed by atoms with van der Waals surface area (Å²) in [5.74, 6) is -0.0941. The number of nitrogens with zero attached hydrogens (tertiary/aromatic N) is 1. The molecule has 1 aliphatic heterocycles. The number of para-hydroxylation sites is 1. The number of ether oxygens (including phenoxy) is 1. The van der Waals surface area contributed by atoms with Crippen LogP contribution in [0.15, 0.2) is 41.2 Å². The summed E-state index contributed by atoms with van der Waals surface area (Å²) in [6.45, 7) is 3.64. The van der Waals surface area contributed by atoms with E-state index in [1.165, 1.54) is 6.08 Å². The number of pyridine rings is 1. The first kappa shape index (κ1) is 14.5. The van der Waals surface area contributed by atoms with Crippen molar-refractivity contribution in [3.8, 4) is 0 Å². The Morgan fingerprint density at radius 2 is 2.23 bits per heavy atom. The molecule has 22 heavy (non-hydrogen) atoms. The fourth-order valence-corrected chi connectivity index (χ4v) is 2.60. The number of carbonyl (C=O) groups excluding carboxylic acids is 1. The third kappa shape index (κ3) is 2.94. The minimum Gasteiger partial charge on any atom is -0.377 e. The largest absolute Gasteiger partial charge is 0.377 e. The van der Waals surface area contributed by atoms with Gasteiger partial charge in [0.15, 0.2) is 0 Å². The zero-order valence-corrected chi connectivity index (χ0v) is 12.4. The minimum atomic E-state index is -0.197. The molecular weight excluding hydrogens is 280 g/mol. The maximum Gasteiger partial charge on any atom is 0.255 e. The van der Waals surface area contributed by atoms with Crippen LogP contribution in [0.5, 0.6) is 0 Å². The maximum atomic E-state index is 12.2. The first-order valence-electron chi connectivity index (χ1n) is 7.33. The molecule has 114 valence electrons. The summed E-state index contributed by atoms with van der Waals surface area (Å²) in [4.78, 5) is 28.8. The van der Waals surface area contributed by atoms with Crippen molar-refractivity contribution in [3.05, 3.63) is 52.3 Å². The third-order valence-electron chi connectivity index (χ3n) is 3.84. The Morgan fingerprint density at radius 3 is 3.05 bits per heavy atom. The molecule has 1 unspecified atom stereocenters. The van der Waals surface area contributed by atoms with Crippen molar-refractivity contribution in [1.29, 1.82) is 0 Å². The van der Waals surface area contributed by atoms with Crippen molar-refractivity contribution < 1.29 is 9.53 Å². The topological polar surface area (TPSA) is 62.4 Å². The first-order chi connectivity index (χ1) is 10.6. The third-order valence-corrected chi connectivity index (χ3v) is 3.84. The van der Waals surface area contributed by atoms with Crippen molar-refractivity contribution in [1.82, 2.24) is 9.88 Å². The second kappa shape index (κ2) is 6.15. The van der Waals surface area contributed by atoms with Crippen molar-refractivity contribution in [2.75, 3.05) is 19.8 Å². The van der Waals surface area contributed by atoms with Crippen LogP contribution < -0.4 is 5.56 Å². The number of fused-ring (bicyclic) bond motifs is 1. The highest BCUT2D eigenvalue weighted by atomic mass is 16.5. The molecule has 0 spiro atoms. The number of aromatic nitrogens is 1. The van der Waals surface area contributed by atoms with Crippen LogP contribution in [0.1, 0.15) is 12.5 Å². The lowest BCUT2D eigenvalue weighted by Crippen LogP contribution is -2.46. The van der Waals surface area contributed by atoms with E-state index in [9.17, 15) is 9.59 Å². The van der Waals surface area contributed by atoms with Gasteiger partial charge in [-0.05, 0) is 30.5 Å². The fourth-order valence-electron chi connectivity index (χ4n) is 2.60. The summed E-state index contributed by atoms with van der Waals surface area (Å²) >= 11 is 0. The van der Waals surface area contributed by atoms with Gasteiger partial charge in [0.2, 0.25) is 5.91 Å². The van der Waals surface area contributed by atoms with Gasteiger partial charge in [0.1, 0.15) is 0 Å². The van der Waals surface area contributed by atoms with E-state index in [-0.39, 0.29) is 17.5 Å². The van der Waals surface area contributed by atoms with Gasteiger partial charge >= 0.3 is 0 Å². The molecule has 3 rings (SSSR count). The molecule has 0 saturated carbocycles. The molecule has 1 fully saturated rings. The number of aromatic amines is 1. The maximum absolute atomic E-state index is 12.2. The van der Waals surface area contributed by atoms with Crippen LogP contribution in [0.4, 0.5) is 0 Å². The van der Waals surface area contributed by atoms with Gasteiger partial charge in [-0.3, -0.25) is 9.59 Å². The van der Waals surface area contributed by atoms with Crippen LogP contribution in [0.25, 0.3) is 17.0 Å². The van der Waals surface area contributed by atoms with Gasteiger partial charge in [-0.2, -0.15) is 0 Å². The van der Waals surface area contributed by atoms with E-state index < -0.39 is 0 Å². The Balaban J connectivity index is 1.84. The molecule has 2 heterocycles. The van der Waals surface area contributed by atoms with E-state index in [0.717, 1.165) is 10.9 Å². The van der Waals surface area contributed by atoms with Crippen LogP contribution in [0, 0.1) is 0 Å². The summed E-state index contributed by atoms with van der Waals surface area (Å²) in [6, 6.07) is 9.41. The molecule has 0 aliphatic carbocycles. The molecule has 1 aliphatic rings. The van der Waals surface area contributed by atoms with Gasteiger partial charge in [-0.25, -0.2) is 0 Å². The van der Waals surface area contributed by atoms with Crippen molar-refractivity contribution >= 4 is 22.9 Å². The molecule has 5 nitrogen and oxygen atoms in total. The first-order valence-corrected chi connectivity index (χ1v) is 7.33. The monoisotopic (exact) mass is 298 g/mol. The number of benzene rings is 1. The lowest BCUT2D eigenvalue weighted by atomic mass is 10.1. The number of H-pyrrole nitrogens is 1. The summed E-state index contributed by atoms with van der Waals surface area (Å²) in [6.07, 6.45) is 3.04. The Hall–Kier alpha value is -2.40. The smallest absolute Gasteiger partial charge is 0.255 e. The molecule has 0 radical (unpaired) electrons. The van der Waals surface area contributed by atoms with E-state index in [1.54, 1.807) is 17.0 Å². The van der Waals surface area contributed by atoms with E-state index in [1.807, 2.05) is 31.2 Å². The van der Waals surface area contributed by atoms with Crippen LogP contribution in [-0.4, -0.2) is 41.6 Å². The van der Waals surface area contributed by atoms with Gasteiger partial charge in [0.25, 0.3) is 5.56 Å². The Morgan fingerprint density at radius 1 is 1.41 bits per heavy atom. The zero-order chi connectivity index (χ0) is 15.5. The summed E-state index contributed by atoms with van der Waals surface area (Å²) < 4.78 is 5.32. The second-order valence-corrected chi connectivity index (χ2v) is 5.43. The Bertz CT molecular complexity index is 779. The quantitative estimate of drug-likeness (QED) is 0.860. The van der Waals surface area contributed by atoms with Gasteiger partial charge in [-0.15, -0.1) is 0 Å². The SMILES string of the molecule is CC1COCCN1C(=O)/C=C/c1cc2ccccc2[nH]c1=O. The van der Waals surface area contributed by atoms with Crippen LogP contribution in [0.3, 0.4) is 0 Å². The average molecular weight is 298 g/mol. The summed E-state index contributed by atoms with van der Waals surface area (Å²) in [7, 11) is 0. The minimum absolute atomic E-state index is 0.0563. The highest BCUT2D eigenvalue weighted by molar-refractivity contribution is 5.92. The van der Waals surface area contributed by atoms with E-state index in [2.05, 4.69) is 4.98 Å². The molecule has 5 heteroatoms. The molecule has 1 amide bonds. The molecule has 1 N–H and O–H groups in total. The fraction of sp³-hybridized carbons (Fsp3) is 0.294. The number of hydrogen-bond donors (Lipinski definition) is 1. The van der Waals surface area contributed by atoms with Crippen LogP contribution >= 0.6 is 0 Å². The highest BCUT2D eigenvalue weighted by Crippen LogP contribution is 2.12. The molecule has 1 aromatic heterocycles. The Labute approximate surface area is 128 Å². The number of morpholine rings is 1. The van der Waals surface area contributed by atoms with Gasteiger partial charge < -0.3 is 14.6 Å². The molecule has 2 aromatic rings. The predicted octanol–water partition coefficient (Wildman–Crippen LogP) is 1.79. The number of amides is 1. The number of nitrogens with one attached hydrogen (secondary N) is 1. The highest BCUT2D eigenvalue weighted by Gasteiger charge is 2.21. The van der Waals surface area contributed by atoms with E-state index in [0.29, 0.717) is 25.3 Å². The molecule has 1 saturated heterocycles. The number of rotatable bonds is 2. The van der Waals surface area contributed by atoms with Crippen LogP contribution in [0.2, 0.25) is 0 Å². The van der Waals surface area contributed by atoms with Gasteiger partial charge in [0, 0.05) is 23.7 Å². The Kier molecular flexibility index (Phi) is 4.06. The van der Waals surface area contributed by atoms with Crippen LogP contribution in [-0.2, 0) is 9.53 Å². The van der Waals surface area contributed by atoms with Crippen molar-refractivity contribution in [3.63, 3.8) is 0 Å². The van der Waals surface area contributed by atoms with E-state index in [4.69, 9.17) is 4.74 Å². The van der Waals surface area contributed by atoms with E-state index >= 15 is 0 Å². The lowest BCUT2D eigenvalue weighted by molar-refractivity contribution is -0.133. The number of carbonyl (C=O) groups is 1. The predicted molar refractivity (Wildman–Crippen MR) is 85.6 cm³/mol. The normalized spacial score (nSPS) is 19.0. The standard InChI is InChI=1S/C17H18N2O3/c1-12-11-22-9-8-19(12)16(20)7-6-14-10-13-4-2-3-5-15(13)18-17(14)21/h2-7,10,12H,8-9,11H2,1H3,(H,18,21)/b7-6+. The number of hydrogen-bond acceptors (Lipinski definition) is 3. The second-order valence-electron chi connectivity index (χ2n) is 5.43. The lowest BCUT2D eigenvalue weighted by Gasteiger charge is -2.32.